The van der Waals surface area contributed by atoms with E-state index in [0.29, 0.717) is 21.4 Å². The van der Waals surface area contributed by atoms with Gasteiger partial charge in [-0.25, -0.2) is 4.98 Å². The fourth-order valence-electron chi connectivity index (χ4n) is 2.77. The quantitative estimate of drug-likeness (QED) is 0.533. The standard InChI is InChI=1S/C21H18Cl2N2O2/c1-13-6-9-18(14(2)11-13)25(3)21(26)16-5-4-10-24-20(16)27-19-12-15(22)7-8-17(19)23/h4-12H,1-3H3. The summed E-state index contributed by atoms with van der Waals surface area (Å²) in [6.07, 6.45) is 1.56. The predicted octanol–water partition coefficient (Wildman–Crippen LogP) is 6.07. The number of benzene rings is 2. The van der Waals surface area contributed by atoms with Gasteiger partial charge < -0.3 is 9.64 Å². The van der Waals surface area contributed by atoms with E-state index in [1.165, 1.54) is 0 Å². The van der Waals surface area contributed by atoms with Crippen molar-refractivity contribution in [3.63, 3.8) is 0 Å². The molecule has 1 aromatic heterocycles. The van der Waals surface area contributed by atoms with E-state index in [-0.39, 0.29) is 11.8 Å². The molecule has 3 aromatic rings. The molecule has 0 atom stereocenters. The fourth-order valence-corrected chi connectivity index (χ4v) is 3.08. The summed E-state index contributed by atoms with van der Waals surface area (Å²) in [5, 5.41) is 0.858. The molecule has 2 aromatic carbocycles. The van der Waals surface area contributed by atoms with Crippen molar-refractivity contribution in [3.8, 4) is 11.6 Å². The van der Waals surface area contributed by atoms with E-state index in [0.717, 1.165) is 16.8 Å². The Morgan fingerprint density at radius 1 is 1.07 bits per heavy atom. The average Bonchev–Trinajstić information content (AvgIpc) is 2.64. The van der Waals surface area contributed by atoms with Crippen molar-refractivity contribution in [2.24, 2.45) is 0 Å². The van der Waals surface area contributed by atoms with Crippen LogP contribution in [-0.4, -0.2) is 17.9 Å². The highest BCUT2D eigenvalue weighted by atomic mass is 35.5. The Kier molecular flexibility index (Phi) is 5.68. The second-order valence-corrected chi connectivity index (χ2v) is 7.03. The Balaban J connectivity index is 1.95. The van der Waals surface area contributed by atoms with Crippen molar-refractivity contribution < 1.29 is 9.53 Å². The molecule has 0 fully saturated rings. The molecule has 0 aliphatic carbocycles. The van der Waals surface area contributed by atoms with Crippen molar-refractivity contribution >= 4 is 34.8 Å². The molecule has 0 aliphatic rings. The molecule has 0 spiro atoms. The lowest BCUT2D eigenvalue weighted by atomic mass is 10.1. The van der Waals surface area contributed by atoms with Crippen LogP contribution in [0.1, 0.15) is 21.5 Å². The summed E-state index contributed by atoms with van der Waals surface area (Å²) < 4.78 is 5.80. The third-order valence-electron chi connectivity index (χ3n) is 4.12. The molecular formula is C21H18Cl2N2O2. The van der Waals surface area contributed by atoms with Crippen LogP contribution in [0.15, 0.2) is 54.7 Å². The highest BCUT2D eigenvalue weighted by Gasteiger charge is 2.21. The first kappa shape index (κ1) is 19.2. The number of carbonyl (C=O) groups is 1. The molecule has 138 valence electrons. The Morgan fingerprint density at radius 2 is 1.85 bits per heavy atom. The highest BCUT2D eigenvalue weighted by Crippen LogP contribution is 2.33. The van der Waals surface area contributed by atoms with Gasteiger partial charge in [0.25, 0.3) is 5.91 Å². The summed E-state index contributed by atoms with van der Waals surface area (Å²) in [4.78, 5) is 18.9. The van der Waals surface area contributed by atoms with E-state index in [1.807, 2.05) is 32.0 Å². The average molecular weight is 401 g/mol. The third-order valence-corrected chi connectivity index (χ3v) is 4.67. The number of aryl methyl sites for hydroxylation is 2. The molecular weight excluding hydrogens is 383 g/mol. The van der Waals surface area contributed by atoms with Crippen molar-refractivity contribution in [2.45, 2.75) is 13.8 Å². The highest BCUT2D eigenvalue weighted by molar-refractivity contribution is 6.34. The van der Waals surface area contributed by atoms with Gasteiger partial charge in [-0.2, -0.15) is 0 Å². The van der Waals surface area contributed by atoms with E-state index >= 15 is 0 Å². The summed E-state index contributed by atoms with van der Waals surface area (Å²) in [5.41, 5.74) is 3.30. The monoisotopic (exact) mass is 400 g/mol. The molecule has 1 heterocycles. The number of ether oxygens (including phenoxy) is 1. The smallest absolute Gasteiger partial charge is 0.263 e. The Bertz CT molecular complexity index is 1010. The molecule has 1 amide bonds. The molecule has 0 bridgehead atoms. The van der Waals surface area contributed by atoms with Crippen LogP contribution in [0.4, 0.5) is 5.69 Å². The number of pyridine rings is 1. The van der Waals surface area contributed by atoms with Crippen molar-refractivity contribution in [3.05, 3.63) is 81.5 Å². The number of hydrogen-bond donors (Lipinski definition) is 0. The van der Waals surface area contributed by atoms with E-state index < -0.39 is 0 Å². The maximum absolute atomic E-state index is 13.1. The van der Waals surface area contributed by atoms with Gasteiger partial charge in [-0.15, -0.1) is 0 Å². The lowest BCUT2D eigenvalue weighted by molar-refractivity contribution is 0.0990. The molecule has 0 aliphatic heterocycles. The van der Waals surface area contributed by atoms with Crippen LogP contribution in [0.5, 0.6) is 11.6 Å². The number of carbonyl (C=O) groups excluding carboxylic acids is 1. The number of aromatic nitrogens is 1. The number of anilines is 1. The van der Waals surface area contributed by atoms with E-state index in [1.54, 1.807) is 48.5 Å². The molecule has 0 saturated carbocycles. The largest absolute Gasteiger partial charge is 0.437 e. The maximum Gasteiger partial charge on any atom is 0.263 e. The number of amides is 1. The molecule has 6 heteroatoms. The molecule has 4 nitrogen and oxygen atoms in total. The Morgan fingerprint density at radius 3 is 2.59 bits per heavy atom. The lowest BCUT2D eigenvalue weighted by Gasteiger charge is -2.21. The minimum atomic E-state index is -0.233. The van der Waals surface area contributed by atoms with Gasteiger partial charge in [-0.1, -0.05) is 40.9 Å². The number of hydrogen-bond acceptors (Lipinski definition) is 3. The first-order valence-corrected chi connectivity index (χ1v) is 9.05. The SMILES string of the molecule is Cc1ccc(N(C)C(=O)c2cccnc2Oc2cc(Cl)ccc2Cl)c(C)c1. The molecule has 0 saturated heterocycles. The van der Waals surface area contributed by atoms with Crippen LogP contribution < -0.4 is 9.64 Å². The Labute approximate surface area is 168 Å². The second kappa shape index (κ2) is 7.99. The van der Waals surface area contributed by atoms with Gasteiger partial charge in [-0.05, 0) is 49.7 Å². The number of rotatable bonds is 4. The van der Waals surface area contributed by atoms with Gasteiger partial charge in [-0.3, -0.25) is 4.79 Å². The van der Waals surface area contributed by atoms with E-state index in [4.69, 9.17) is 27.9 Å². The topological polar surface area (TPSA) is 42.4 Å². The first-order chi connectivity index (χ1) is 12.9. The summed E-state index contributed by atoms with van der Waals surface area (Å²) in [5.74, 6) is 0.276. The van der Waals surface area contributed by atoms with Crippen LogP contribution in [0.25, 0.3) is 0 Å². The Hall–Kier alpha value is -2.56. The minimum Gasteiger partial charge on any atom is -0.437 e. The van der Waals surface area contributed by atoms with Crippen LogP contribution in [-0.2, 0) is 0 Å². The second-order valence-electron chi connectivity index (χ2n) is 6.19. The molecule has 3 rings (SSSR count). The third kappa shape index (κ3) is 4.24. The van der Waals surface area contributed by atoms with Crippen molar-refractivity contribution in [1.82, 2.24) is 4.98 Å². The van der Waals surface area contributed by atoms with Gasteiger partial charge >= 0.3 is 0 Å². The van der Waals surface area contributed by atoms with Gasteiger partial charge in [0, 0.05) is 30.0 Å². The number of halogens is 2. The predicted molar refractivity (Wildman–Crippen MR) is 109 cm³/mol. The van der Waals surface area contributed by atoms with Crippen LogP contribution >= 0.6 is 23.2 Å². The zero-order chi connectivity index (χ0) is 19.6. The summed E-state index contributed by atoms with van der Waals surface area (Å²) in [6, 6.07) is 14.2. The molecule has 0 N–H and O–H groups in total. The van der Waals surface area contributed by atoms with Crippen LogP contribution in [0, 0.1) is 13.8 Å². The summed E-state index contributed by atoms with van der Waals surface area (Å²) in [7, 11) is 1.73. The summed E-state index contributed by atoms with van der Waals surface area (Å²) in [6.45, 7) is 3.99. The number of nitrogens with zero attached hydrogens (tertiary/aromatic N) is 2. The van der Waals surface area contributed by atoms with Crippen LogP contribution in [0.2, 0.25) is 10.0 Å². The molecule has 0 radical (unpaired) electrons. The van der Waals surface area contributed by atoms with E-state index in [2.05, 4.69) is 4.98 Å². The van der Waals surface area contributed by atoms with Crippen molar-refractivity contribution in [2.75, 3.05) is 11.9 Å². The van der Waals surface area contributed by atoms with Gasteiger partial charge in [0.1, 0.15) is 11.3 Å². The van der Waals surface area contributed by atoms with Gasteiger partial charge in [0.2, 0.25) is 5.88 Å². The normalized spacial score (nSPS) is 10.6. The molecule has 27 heavy (non-hydrogen) atoms. The zero-order valence-electron chi connectivity index (χ0n) is 15.2. The van der Waals surface area contributed by atoms with Crippen molar-refractivity contribution in [1.29, 1.82) is 0 Å². The fraction of sp³-hybridized carbons (Fsp3) is 0.143. The van der Waals surface area contributed by atoms with E-state index in [9.17, 15) is 4.79 Å². The van der Waals surface area contributed by atoms with Crippen LogP contribution in [0.3, 0.4) is 0 Å². The lowest BCUT2D eigenvalue weighted by Crippen LogP contribution is -2.27. The maximum atomic E-state index is 13.1. The minimum absolute atomic E-state index is 0.170. The first-order valence-electron chi connectivity index (χ1n) is 8.30. The van der Waals surface area contributed by atoms with Gasteiger partial charge in [0.05, 0.1) is 5.02 Å². The summed E-state index contributed by atoms with van der Waals surface area (Å²) >= 11 is 12.2. The zero-order valence-corrected chi connectivity index (χ0v) is 16.7. The van der Waals surface area contributed by atoms with Gasteiger partial charge in [0.15, 0.2) is 0 Å². The molecule has 0 unspecified atom stereocenters.